The molecule has 0 saturated heterocycles. The van der Waals surface area contributed by atoms with Crippen molar-refractivity contribution in [2.75, 3.05) is 19.0 Å². The Balaban J connectivity index is 1.81. The second-order valence-electron chi connectivity index (χ2n) is 5.46. The maximum atomic E-state index is 11.9. The Kier molecular flexibility index (Phi) is 7.01. The Morgan fingerprint density at radius 3 is 2.46 bits per heavy atom. The summed E-state index contributed by atoms with van der Waals surface area (Å²) < 4.78 is 5.13. The predicted octanol–water partition coefficient (Wildman–Crippen LogP) is 3.02. The molecule has 1 aromatic heterocycles. The molecule has 0 spiro atoms. The van der Waals surface area contributed by atoms with Crippen LogP contribution in [0.1, 0.15) is 42.1 Å². The molecule has 128 valence electrons. The van der Waals surface area contributed by atoms with Gasteiger partial charge in [0, 0.05) is 25.5 Å². The number of carbonyl (C=O) groups excluding carboxylic acids is 1. The molecule has 1 heterocycles. The van der Waals surface area contributed by atoms with Gasteiger partial charge in [-0.25, -0.2) is 9.97 Å². The Labute approximate surface area is 142 Å². The molecule has 0 aliphatic carbocycles. The summed E-state index contributed by atoms with van der Waals surface area (Å²) in [5.41, 5.74) is 1.57. The fraction of sp³-hybridized carbons (Fsp3) is 0.389. The third-order valence-corrected chi connectivity index (χ3v) is 3.59. The van der Waals surface area contributed by atoms with Gasteiger partial charge >= 0.3 is 0 Å². The Bertz CT molecular complexity index is 626. The van der Waals surface area contributed by atoms with Crippen LogP contribution in [0.25, 0.3) is 0 Å². The standard InChI is InChI=1S/C18H24N4O2/c1-3-4-5-10-19-17(23)15-12-21-18(22-13-15)20-11-14-6-8-16(24-2)9-7-14/h6-9,12-13H,3-5,10-11H2,1-2H3,(H,19,23)(H,20,21,22). The largest absolute Gasteiger partial charge is 0.497 e. The van der Waals surface area contributed by atoms with Crippen molar-refractivity contribution < 1.29 is 9.53 Å². The number of carbonyl (C=O) groups is 1. The van der Waals surface area contributed by atoms with E-state index in [0.29, 0.717) is 24.6 Å². The van der Waals surface area contributed by atoms with E-state index in [1.165, 1.54) is 0 Å². The molecule has 24 heavy (non-hydrogen) atoms. The second kappa shape index (κ2) is 9.50. The molecule has 0 fully saturated rings. The monoisotopic (exact) mass is 328 g/mol. The number of aromatic nitrogens is 2. The maximum Gasteiger partial charge on any atom is 0.254 e. The van der Waals surface area contributed by atoms with E-state index in [4.69, 9.17) is 4.74 Å². The number of amides is 1. The van der Waals surface area contributed by atoms with Gasteiger partial charge in [-0.3, -0.25) is 4.79 Å². The molecule has 2 N–H and O–H groups in total. The van der Waals surface area contributed by atoms with Gasteiger partial charge in [0.2, 0.25) is 5.95 Å². The van der Waals surface area contributed by atoms with Crippen LogP contribution in [0.2, 0.25) is 0 Å². The number of benzene rings is 1. The molecule has 6 nitrogen and oxygen atoms in total. The molecular weight excluding hydrogens is 304 g/mol. The fourth-order valence-corrected chi connectivity index (χ4v) is 2.14. The average molecular weight is 328 g/mol. The SMILES string of the molecule is CCCCCNC(=O)c1cnc(NCc2ccc(OC)cc2)nc1. The lowest BCUT2D eigenvalue weighted by atomic mass is 10.2. The number of hydrogen-bond acceptors (Lipinski definition) is 5. The molecule has 0 unspecified atom stereocenters. The highest BCUT2D eigenvalue weighted by atomic mass is 16.5. The number of nitrogens with one attached hydrogen (secondary N) is 2. The van der Waals surface area contributed by atoms with Crippen molar-refractivity contribution in [3.8, 4) is 5.75 Å². The van der Waals surface area contributed by atoms with E-state index >= 15 is 0 Å². The number of unbranched alkanes of at least 4 members (excludes halogenated alkanes) is 2. The fourth-order valence-electron chi connectivity index (χ4n) is 2.14. The molecule has 0 aliphatic rings. The molecule has 0 bridgehead atoms. The van der Waals surface area contributed by atoms with E-state index in [1.807, 2.05) is 24.3 Å². The molecule has 0 atom stereocenters. The average Bonchev–Trinajstić information content (AvgIpc) is 2.64. The maximum absolute atomic E-state index is 11.9. The van der Waals surface area contributed by atoms with Crippen molar-refractivity contribution >= 4 is 11.9 Å². The minimum atomic E-state index is -0.132. The molecule has 0 radical (unpaired) electrons. The molecule has 2 aromatic rings. The van der Waals surface area contributed by atoms with E-state index in [9.17, 15) is 4.79 Å². The summed E-state index contributed by atoms with van der Waals surface area (Å²) in [6.07, 6.45) is 6.32. The minimum absolute atomic E-state index is 0.132. The summed E-state index contributed by atoms with van der Waals surface area (Å²) >= 11 is 0. The van der Waals surface area contributed by atoms with Crippen LogP contribution in [-0.2, 0) is 6.54 Å². The van der Waals surface area contributed by atoms with Gasteiger partial charge in [-0.05, 0) is 24.1 Å². The van der Waals surface area contributed by atoms with Gasteiger partial charge in [0.25, 0.3) is 5.91 Å². The van der Waals surface area contributed by atoms with Crippen LogP contribution in [0.15, 0.2) is 36.7 Å². The van der Waals surface area contributed by atoms with Crippen LogP contribution in [0.4, 0.5) is 5.95 Å². The first-order valence-electron chi connectivity index (χ1n) is 8.20. The van der Waals surface area contributed by atoms with Gasteiger partial charge in [-0.15, -0.1) is 0 Å². The van der Waals surface area contributed by atoms with Gasteiger partial charge in [0.05, 0.1) is 12.7 Å². The Morgan fingerprint density at radius 2 is 1.83 bits per heavy atom. The van der Waals surface area contributed by atoms with E-state index in [-0.39, 0.29) is 5.91 Å². The number of rotatable bonds is 9. The van der Waals surface area contributed by atoms with Crippen LogP contribution in [-0.4, -0.2) is 29.5 Å². The highest BCUT2D eigenvalue weighted by molar-refractivity contribution is 5.93. The highest BCUT2D eigenvalue weighted by Gasteiger charge is 2.06. The van der Waals surface area contributed by atoms with Gasteiger partial charge in [0.1, 0.15) is 5.75 Å². The number of hydrogen-bond donors (Lipinski definition) is 2. The smallest absolute Gasteiger partial charge is 0.254 e. The van der Waals surface area contributed by atoms with E-state index in [2.05, 4.69) is 27.5 Å². The summed E-state index contributed by atoms with van der Waals surface area (Å²) in [5.74, 6) is 1.19. The highest BCUT2D eigenvalue weighted by Crippen LogP contribution is 2.12. The first-order valence-corrected chi connectivity index (χ1v) is 8.20. The molecule has 1 aromatic carbocycles. The van der Waals surface area contributed by atoms with Crippen LogP contribution < -0.4 is 15.4 Å². The first-order chi connectivity index (χ1) is 11.7. The van der Waals surface area contributed by atoms with Gasteiger partial charge in [-0.1, -0.05) is 31.9 Å². The summed E-state index contributed by atoms with van der Waals surface area (Å²) in [6.45, 7) is 3.42. The van der Waals surface area contributed by atoms with E-state index in [0.717, 1.165) is 30.6 Å². The minimum Gasteiger partial charge on any atom is -0.497 e. The van der Waals surface area contributed by atoms with Gasteiger partial charge in [0.15, 0.2) is 0 Å². The van der Waals surface area contributed by atoms with Gasteiger partial charge < -0.3 is 15.4 Å². The third kappa shape index (κ3) is 5.53. The quantitative estimate of drug-likeness (QED) is 0.692. The lowest BCUT2D eigenvalue weighted by Gasteiger charge is -2.07. The number of ether oxygens (including phenoxy) is 1. The normalized spacial score (nSPS) is 10.2. The van der Waals surface area contributed by atoms with Crippen molar-refractivity contribution in [3.05, 3.63) is 47.8 Å². The van der Waals surface area contributed by atoms with Crippen molar-refractivity contribution in [2.45, 2.75) is 32.7 Å². The third-order valence-electron chi connectivity index (χ3n) is 3.59. The lowest BCUT2D eigenvalue weighted by Crippen LogP contribution is -2.24. The second-order valence-corrected chi connectivity index (χ2v) is 5.46. The molecular formula is C18H24N4O2. The lowest BCUT2D eigenvalue weighted by molar-refractivity contribution is 0.0952. The molecule has 1 amide bonds. The summed E-state index contributed by atoms with van der Waals surface area (Å²) in [5, 5.41) is 6.00. The first kappa shape index (κ1) is 17.7. The van der Waals surface area contributed by atoms with Crippen LogP contribution in [0.5, 0.6) is 5.75 Å². The molecule has 6 heteroatoms. The zero-order valence-corrected chi connectivity index (χ0v) is 14.2. The Hall–Kier alpha value is -2.63. The topological polar surface area (TPSA) is 76.1 Å². The zero-order valence-electron chi connectivity index (χ0n) is 14.2. The summed E-state index contributed by atoms with van der Waals surface area (Å²) in [7, 11) is 1.64. The van der Waals surface area contributed by atoms with Crippen molar-refractivity contribution in [2.24, 2.45) is 0 Å². The van der Waals surface area contributed by atoms with Crippen LogP contribution in [0, 0.1) is 0 Å². The van der Waals surface area contributed by atoms with Crippen molar-refractivity contribution in [3.63, 3.8) is 0 Å². The number of methoxy groups -OCH3 is 1. The molecule has 2 rings (SSSR count). The Morgan fingerprint density at radius 1 is 1.12 bits per heavy atom. The summed E-state index contributed by atoms with van der Waals surface area (Å²) in [4.78, 5) is 20.3. The van der Waals surface area contributed by atoms with Crippen LogP contribution in [0.3, 0.4) is 0 Å². The predicted molar refractivity (Wildman–Crippen MR) is 94.2 cm³/mol. The molecule has 0 saturated carbocycles. The van der Waals surface area contributed by atoms with Gasteiger partial charge in [-0.2, -0.15) is 0 Å². The van der Waals surface area contributed by atoms with Crippen molar-refractivity contribution in [1.29, 1.82) is 0 Å². The van der Waals surface area contributed by atoms with E-state index < -0.39 is 0 Å². The van der Waals surface area contributed by atoms with E-state index in [1.54, 1.807) is 19.5 Å². The number of anilines is 1. The van der Waals surface area contributed by atoms with Crippen molar-refractivity contribution in [1.82, 2.24) is 15.3 Å². The zero-order chi connectivity index (χ0) is 17.2. The van der Waals surface area contributed by atoms with Crippen LogP contribution >= 0.6 is 0 Å². The molecule has 0 aliphatic heterocycles. The summed E-state index contributed by atoms with van der Waals surface area (Å²) in [6, 6.07) is 7.77. The number of nitrogens with zero attached hydrogens (tertiary/aromatic N) is 2.